The lowest BCUT2D eigenvalue weighted by Gasteiger charge is -2.34. The summed E-state index contributed by atoms with van der Waals surface area (Å²) in [4.78, 5) is 0. The van der Waals surface area contributed by atoms with Gasteiger partial charge in [0.15, 0.2) is 0 Å². The third-order valence-corrected chi connectivity index (χ3v) is 3.94. The van der Waals surface area contributed by atoms with E-state index in [-0.39, 0.29) is 11.5 Å². The smallest absolute Gasteiger partial charge is 0.133 e. The minimum atomic E-state index is 0.152. The van der Waals surface area contributed by atoms with E-state index in [4.69, 9.17) is 10.3 Å². The molecule has 0 saturated heterocycles. The zero-order valence-corrected chi connectivity index (χ0v) is 11.8. The fourth-order valence-electron chi connectivity index (χ4n) is 3.11. The number of fused-ring (bicyclic) bond motifs is 1. The van der Waals surface area contributed by atoms with E-state index in [1.165, 1.54) is 11.3 Å². The van der Waals surface area contributed by atoms with Crippen molar-refractivity contribution in [2.24, 2.45) is 11.1 Å². The van der Waals surface area contributed by atoms with E-state index in [1.54, 1.807) is 0 Å². The Morgan fingerprint density at radius 2 is 2.32 bits per heavy atom. The Hall–Kier alpha value is -1.55. The first-order valence-electron chi connectivity index (χ1n) is 6.80. The van der Waals surface area contributed by atoms with Gasteiger partial charge in [0.1, 0.15) is 11.5 Å². The van der Waals surface area contributed by atoms with Gasteiger partial charge in [-0.25, -0.2) is 0 Å². The summed E-state index contributed by atoms with van der Waals surface area (Å²) < 4.78 is 7.39. The summed E-state index contributed by atoms with van der Waals surface area (Å²) in [5.41, 5.74) is 10.2. The fraction of sp³-hybridized carbons (Fsp3) is 0.533. The maximum Gasteiger partial charge on any atom is 0.133 e. The summed E-state index contributed by atoms with van der Waals surface area (Å²) in [6, 6.07) is 4.29. The SMILES string of the molecule is Cc1cc(Cn2ccc3c2CC(C)(C)CC3N)no1. The van der Waals surface area contributed by atoms with Crippen LogP contribution in [0.1, 0.15) is 49.0 Å². The Bertz CT molecular complexity index is 594. The molecule has 2 aromatic rings. The summed E-state index contributed by atoms with van der Waals surface area (Å²) in [5, 5.41) is 4.07. The molecule has 1 atom stereocenters. The van der Waals surface area contributed by atoms with Crippen molar-refractivity contribution in [1.29, 1.82) is 0 Å². The molecular weight excluding hydrogens is 238 g/mol. The van der Waals surface area contributed by atoms with E-state index in [1.807, 2.05) is 13.0 Å². The molecule has 0 aromatic carbocycles. The van der Waals surface area contributed by atoms with Crippen LogP contribution in [-0.4, -0.2) is 9.72 Å². The van der Waals surface area contributed by atoms with E-state index in [2.05, 4.69) is 35.8 Å². The molecule has 4 heteroatoms. The highest BCUT2D eigenvalue weighted by Crippen LogP contribution is 2.40. The zero-order chi connectivity index (χ0) is 13.6. The van der Waals surface area contributed by atoms with Gasteiger partial charge in [-0.2, -0.15) is 0 Å². The van der Waals surface area contributed by atoms with Gasteiger partial charge in [-0.3, -0.25) is 0 Å². The summed E-state index contributed by atoms with van der Waals surface area (Å²) in [6.45, 7) is 7.25. The summed E-state index contributed by atoms with van der Waals surface area (Å²) in [6.07, 6.45) is 4.24. The molecule has 4 nitrogen and oxygen atoms in total. The highest BCUT2D eigenvalue weighted by atomic mass is 16.5. The minimum absolute atomic E-state index is 0.152. The first-order chi connectivity index (χ1) is 8.94. The van der Waals surface area contributed by atoms with Crippen LogP contribution in [0.2, 0.25) is 0 Å². The molecule has 0 saturated carbocycles. The van der Waals surface area contributed by atoms with Crippen molar-refractivity contribution >= 4 is 0 Å². The number of nitrogens with two attached hydrogens (primary N) is 1. The molecule has 3 rings (SSSR count). The number of nitrogens with zero attached hydrogens (tertiary/aromatic N) is 2. The average molecular weight is 259 g/mol. The lowest BCUT2D eigenvalue weighted by atomic mass is 9.74. The molecular formula is C15H21N3O. The van der Waals surface area contributed by atoms with E-state index in [0.29, 0.717) is 0 Å². The van der Waals surface area contributed by atoms with Gasteiger partial charge < -0.3 is 14.8 Å². The fourth-order valence-corrected chi connectivity index (χ4v) is 3.11. The Balaban J connectivity index is 1.92. The molecule has 0 spiro atoms. The molecule has 0 bridgehead atoms. The predicted molar refractivity (Wildman–Crippen MR) is 73.8 cm³/mol. The molecule has 2 aromatic heterocycles. The Morgan fingerprint density at radius 3 is 3.00 bits per heavy atom. The maximum atomic E-state index is 6.29. The third kappa shape index (κ3) is 2.32. The van der Waals surface area contributed by atoms with E-state index in [9.17, 15) is 0 Å². The lowest BCUT2D eigenvalue weighted by Crippen LogP contribution is -2.30. The maximum absolute atomic E-state index is 6.29. The number of aryl methyl sites for hydroxylation is 1. The molecule has 102 valence electrons. The number of rotatable bonds is 2. The van der Waals surface area contributed by atoms with Crippen molar-refractivity contribution in [3.05, 3.63) is 41.0 Å². The van der Waals surface area contributed by atoms with Crippen molar-refractivity contribution in [3.63, 3.8) is 0 Å². The van der Waals surface area contributed by atoms with Crippen molar-refractivity contribution in [2.75, 3.05) is 0 Å². The summed E-state index contributed by atoms with van der Waals surface area (Å²) in [5.74, 6) is 0.855. The van der Waals surface area contributed by atoms with Gasteiger partial charge in [0.05, 0.1) is 6.54 Å². The van der Waals surface area contributed by atoms with Gasteiger partial charge in [-0.05, 0) is 36.8 Å². The van der Waals surface area contributed by atoms with Gasteiger partial charge in [0, 0.05) is 24.0 Å². The van der Waals surface area contributed by atoms with E-state index >= 15 is 0 Å². The Kier molecular flexibility index (Phi) is 2.78. The molecule has 1 unspecified atom stereocenters. The Labute approximate surface area is 113 Å². The van der Waals surface area contributed by atoms with Gasteiger partial charge >= 0.3 is 0 Å². The molecule has 0 aliphatic heterocycles. The van der Waals surface area contributed by atoms with Crippen LogP contribution >= 0.6 is 0 Å². The normalized spacial score (nSPS) is 21.4. The first-order valence-corrected chi connectivity index (χ1v) is 6.80. The number of aromatic nitrogens is 2. The second-order valence-corrected chi connectivity index (χ2v) is 6.43. The second-order valence-electron chi connectivity index (χ2n) is 6.43. The molecule has 2 heterocycles. The topological polar surface area (TPSA) is 57.0 Å². The van der Waals surface area contributed by atoms with Gasteiger partial charge in [-0.1, -0.05) is 19.0 Å². The minimum Gasteiger partial charge on any atom is -0.361 e. The number of hydrogen-bond donors (Lipinski definition) is 1. The van der Waals surface area contributed by atoms with Gasteiger partial charge in [0.25, 0.3) is 0 Å². The van der Waals surface area contributed by atoms with E-state index < -0.39 is 0 Å². The second kappa shape index (κ2) is 4.23. The molecule has 0 amide bonds. The lowest BCUT2D eigenvalue weighted by molar-refractivity contribution is 0.275. The number of hydrogen-bond acceptors (Lipinski definition) is 3. The predicted octanol–water partition coefficient (Wildman–Crippen LogP) is 2.81. The van der Waals surface area contributed by atoms with Crippen LogP contribution in [0.25, 0.3) is 0 Å². The summed E-state index contributed by atoms with van der Waals surface area (Å²) >= 11 is 0. The Morgan fingerprint density at radius 1 is 1.53 bits per heavy atom. The average Bonchev–Trinajstić information content (AvgIpc) is 2.86. The van der Waals surface area contributed by atoms with Gasteiger partial charge in [0.2, 0.25) is 0 Å². The zero-order valence-electron chi connectivity index (χ0n) is 11.8. The largest absolute Gasteiger partial charge is 0.361 e. The van der Waals surface area contributed by atoms with Crippen LogP contribution in [0.4, 0.5) is 0 Å². The highest BCUT2D eigenvalue weighted by molar-refractivity contribution is 5.30. The molecule has 2 N–H and O–H groups in total. The van der Waals surface area contributed by atoms with Crippen LogP contribution in [0, 0.1) is 12.3 Å². The van der Waals surface area contributed by atoms with Crippen LogP contribution in [0.3, 0.4) is 0 Å². The highest BCUT2D eigenvalue weighted by Gasteiger charge is 2.32. The monoisotopic (exact) mass is 259 g/mol. The first kappa shape index (κ1) is 12.5. The molecule has 0 fully saturated rings. The van der Waals surface area contributed by atoms with Crippen LogP contribution in [0.15, 0.2) is 22.9 Å². The summed E-state index contributed by atoms with van der Waals surface area (Å²) in [7, 11) is 0. The van der Waals surface area contributed by atoms with Crippen molar-refractivity contribution < 1.29 is 4.52 Å². The molecule has 19 heavy (non-hydrogen) atoms. The van der Waals surface area contributed by atoms with E-state index in [0.717, 1.165) is 30.8 Å². The standard InChI is InChI=1S/C15H21N3O/c1-10-6-11(17-19-10)9-18-5-4-12-13(16)7-15(2,3)8-14(12)18/h4-6,13H,7-9,16H2,1-3H3. The van der Waals surface area contributed by atoms with Gasteiger partial charge in [-0.15, -0.1) is 0 Å². The van der Waals surface area contributed by atoms with Crippen molar-refractivity contribution in [1.82, 2.24) is 9.72 Å². The van der Waals surface area contributed by atoms with Crippen LogP contribution < -0.4 is 5.73 Å². The van der Waals surface area contributed by atoms with Crippen LogP contribution in [-0.2, 0) is 13.0 Å². The molecule has 0 radical (unpaired) electrons. The van der Waals surface area contributed by atoms with Crippen molar-refractivity contribution in [2.45, 2.75) is 46.2 Å². The molecule has 1 aliphatic rings. The van der Waals surface area contributed by atoms with Crippen LogP contribution in [0.5, 0.6) is 0 Å². The molecule has 1 aliphatic carbocycles. The quantitative estimate of drug-likeness (QED) is 0.902. The third-order valence-electron chi connectivity index (χ3n) is 3.94. The van der Waals surface area contributed by atoms with Crippen molar-refractivity contribution in [3.8, 4) is 0 Å².